The van der Waals surface area contributed by atoms with Gasteiger partial charge in [0.1, 0.15) is 11.9 Å². The van der Waals surface area contributed by atoms with Gasteiger partial charge in [-0.1, -0.05) is 30.1 Å². The summed E-state index contributed by atoms with van der Waals surface area (Å²) in [6.07, 6.45) is -0.0146. The number of hydrogen-bond acceptors (Lipinski definition) is 2. The lowest BCUT2D eigenvalue weighted by Crippen LogP contribution is -1.91. The standard InChI is InChI=1S/C11H10Cl2O2/c1-2-9(14)10-5-6-7(12)3-4-8(13)11(6)15-10/h3-5,9,14H,2H2,1H3. The van der Waals surface area contributed by atoms with Crippen molar-refractivity contribution in [1.29, 1.82) is 0 Å². The Morgan fingerprint density at radius 2 is 2.00 bits per heavy atom. The molecule has 15 heavy (non-hydrogen) atoms. The average molecular weight is 245 g/mol. The molecule has 2 nitrogen and oxygen atoms in total. The number of fused-ring (bicyclic) bond motifs is 1. The second kappa shape index (κ2) is 4.05. The monoisotopic (exact) mass is 244 g/mol. The van der Waals surface area contributed by atoms with Crippen LogP contribution in [-0.2, 0) is 0 Å². The van der Waals surface area contributed by atoms with Crippen molar-refractivity contribution < 1.29 is 9.52 Å². The van der Waals surface area contributed by atoms with E-state index in [4.69, 9.17) is 27.6 Å². The van der Waals surface area contributed by atoms with Gasteiger partial charge in [-0.3, -0.25) is 0 Å². The number of halogens is 2. The molecular weight excluding hydrogens is 235 g/mol. The molecule has 0 aliphatic rings. The smallest absolute Gasteiger partial charge is 0.154 e. The summed E-state index contributed by atoms with van der Waals surface area (Å²) in [4.78, 5) is 0. The Morgan fingerprint density at radius 1 is 1.33 bits per heavy atom. The number of rotatable bonds is 2. The van der Waals surface area contributed by atoms with E-state index in [1.165, 1.54) is 0 Å². The summed E-state index contributed by atoms with van der Waals surface area (Å²) in [5.41, 5.74) is 0.534. The topological polar surface area (TPSA) is 33.4 Å². The number of furan rings is 1. The van der Waals surface area contributed by atoms with Gasteiger partial charge in [-0.05, 0) is 24.6 Å². The Kier molecular flexibility index (Phi) is 2.91. The first-order valence-corrected chi connectivity index (χ1v) is 5.44. The van der Waals surface area contributed by atoms with E-state index in [9.17, 15) is 5.11 Å². The first-order valence-electron chi connectivity index (χ1n) is 4.69. The lowest BCUT2D eigenvalue weighted by atomic mass is 10.2. The van der Waals surface area contributed by atoms with Gasteiger partial charge in [0, 0.05) is 5.39 Å². The largest absolute Gasteiger partial charge is 0.457 e. The zero-order valence-electron chi connectivity index (χ0n) is 8.13. The molecule has 0 amide bonds. The van der Waals surface area contributed by atoms with Gasteiger partial charge >= 0.3 is 0 Å². The van der Waals surface area contributed by atoms with Gasteiger partial charge in [-0.25, -0.2) is 0 Å². The molecular formula is C11H10Cl2O2. The van der Waals surface area contributed by atoms with E-state index in [1.54, 1.807) is 18.2 Å². The van der Waals surface area contributed by atoms with Gasteiger partial charge < -0.3 is 9.52 Å². The van der Waals surface area contributed by atoms with Crippen molar-refractivity contribution in [3.63, 3.8) is 0 Å². The van der Waals surface area contributed by atoms with E-state index >= 15 is 0 Å². The highest BCUT2D eigenvalue weighted by atomic mass is 35.5. The van der Waals surface area contributed by atoms with Gasteiger partial charge in [0.05, 0.1) is 10.0 Å². The maximum absolute atomic E-state index is 9.63. The first kappa shape index (κ1) is 10.8. The lowest BCUT2D eigenvalue weighted by Gasteiger charge is -2.01. The maximum Gasteiger partial charge on any atom is 0.154 e. The van der Waals surface area contributed by atoms with E-state index in [-0.39, 0.29) is 0 Å². The van der Waals surface area contributed by atoms with Crippen LogP contribution in [-0.4, -0.2) is 5.11 Å². The fourth-order valence-corrected chi connectivity index (χ4v) is 1.85. The Labute approximate surface area is 97.4 Å². The molecule has 1 aromatic heterocycles. The van der Waals surface area contributed by atoms with E-state index in [2.05, 4.69) is 0 Å². The SMILES string of the molecule is CCC(O)c1cc2c(Cl)ccc(Cl)c2o1. The van der Waals surface area contributed by atoms with E-state index < -0.39 is 6.10 Å². The quantitative estimate of drug-likeness (QED) is 0.860. The molecule has 80 valence electrons. The minimum Gasteiger partial charge on any atom is -0.457 e. The molecule has 0 fully saturated rings. The van der Waals surface area contributed by atoms with Crippen LogP contribution in [0.3, 0.4) is 0 Å². The molecule has 0 aliphatic heterocycles. The summed E-state index contributed by atoms with van der Waals surface area (Å²) in [5.74, 6) is 0.502. The minimum absolute atomic E-state index is 0.502. The molecule has 1 heterocycles. The van der Waals surface area contributed by atoms with E-state index in [0.29, 0.717) is 27.8 Å². The first-order chi connectivity index (χ1) is 7.13. The Morgan fingerprint density at radius 3 is 2.60 bits per heavy atom. The highest BCUT2D eigenvalue weighted by molar-refractivity contribution is 6.39. The van der Waals surface area contributed by atoms with Crippen molar-refractivity contribution in [1.82, 2.24) is 0 Å². The number of hydrogen-bond donors (Lipinski definition) is 1. The third kappa shape index (κ3) is 1.85. The molecule has 2 rings (SSSR count). The van der Waals surface area contributed by atoms with Crippen LogP contribution in [0.25, 0.3) is 11.0 Å². The van der Waals surface area contributed by atoms with Crippen LogP contribution in [0.4, 0.5) is 0 Å². The predicted octanol–water partition coefficient (Wildman–Crippen LogP) is 4.18. The highest BCUT2D eigenvalue weighted by Gasteiger charge is 2.14. The van der Waals surface area contributed by atoms with Gasteiger partial charge in [0.15, 0.2) is 5.58 Å². The molecule has 0 spiro atoms. The molecule has 0 saturated carbocycles. The second-order valence-corrected chi connectivity index (χ2v) is 4.16. The van der Waals surface area contributed by atoms with Crippen molar-refractivity contribution >= 4 is 34.2 Å². The fourth-order valence-electron chi connectivity index (χ4n) is 1.44. The summed E-state index contributed by atoms with van der Waals surface area (Å²) in [5, 5.41) is 11.5. The van der Waals surface area contributed by atoms with Crippen LogP contribution in [0.5, 0.6) is 0 Å². The van der Waals surface area contributed by atoms with E-state index in [0.717, 1.165) is 5.39 Å². The molecule has 0 aliphatic carbocycles. The Bertz CT molecular complexity index is 452. The lowest BCUT2D eigenvalue weighted by molar-refractivity contribution is 0.148. The molecule has 2 aromatic rings. The van der Waals surface area contributed by atoms with Crippen molar-refractivity contribution in [2.45, 2.75) is 19.4 Å². The van der Waals surface area contributed by atoms with Crippen LogP contribution in [0.15, 0.2) is 22.6 Å². The second-order valence-electron chi connectivity index (χ2n) is 3.34. The highest BCUT2D eigenvalue weighted by Crippen LogP contribution is 2.34. The van der Waals surface area contributed by atoms with Gasteiger partial charge in [0.2, 0.25) is 0 Å². The van der Waals surface area contributed by atoms with Crippen molar-refractivity contribution in [3.8, 4) is 0 Å². The van der Waals surface area contributed by atoms with Gasteiger partial charge in [-0.2, -0.15) is 0 Å². The molecule has 1 atom stereocenters. The number of aliphatic hydroxyl groups excluding tert-OH is 1. The van der Waals surface area contributed by atoms with Gasteiger partial charge in [0.25, 0.3) is 0 Å². The zero-order valence-corrected chi connectivity index (χ0v) is 9.64. The summed E-state index contributed by atoms with van der Waals surface area (Å²) in [7, 11) is 0. The summed E-state index contributed by atoms with van der Waals surface area (Å²) < 4.78 is 5.47. The molecule has 0 saturated heterocycles. The molecule has 1 aromatic carbocycles. The fraction of sp³-hybridized carbons (Fsp3) is 0.273. The van der Waals surface area contributed by atoms with Crippen LogP contribution in [0.1, 0.15) is 25.2 Å². The Balaban J connectivity index is 2.64. The maximum atomic E-state index is 9.63. The van der Waals surface area contributed by atoms with Crippen molar-refractivity contribution in [2.75, 3.05) is 0 Å². The number of benzene rings is 1. The predicted molar refractivity (Wildman–Crippen MR) is 61.5 cm³/mol. The van der Waals surface area contributed by atoms with Gasteiger partial charge in [-0.15, -0.1) is 0 Å². The molecule has 4 heteroatoms. The molecule has 1 unspecified atom stereocenters. The third-order valence-electron chi connectivity index (χ3n) is 2.32. The summed E-state index contributed by atoms with van der Waals surface area (Å²) >= 11 is 11.9. The van der Waals surface area contributed by atoms with Crippen molar-refractivity contribution in [3.05, 3.63) is 34.0 Å². The molecule has 1 N–H and O–H groups in total. The van der Waals surface area contributed by atoms with Crippen LogP contribution >= 0.6 is 23.2 Å². The summed E-state index contributed by atoms with van der Waals surface area (Å²) in [6, 6.07) is 5.12. The average Bonchev–Trinajstić information content (AvgIpc) is 2.68. The van der Waals surface area contributed by atoms with Crippen LogP contribution < -0.4 is 0 Å². The van der Waals surface area contributed by atoms with Crippen LogP contribution in [0.2, 0.25) is 10.0 Å². The zero-order chi connectivity index (χ0) is 11.0. The Hall–Kier alpha value is -0.700. The van der Waals surface area contributed by atoms with Crippen molar-refractivity contribution in [2.24, 2.45) is 0 Å². The number of aliphatic hydroxyl groups is 1. The molecule has 0 bridgehead atoms. The van der Waals surface area contributed by atoms with E-state index in [1.807, 2.05) is 6.92 Å². The minimum atomic E-state index is -0.607. The third-order valence-corrected chi connectivity index (χ3v) is 2.94. The normalized spacial score (nSPS) is 13.3. The molecule has 0 radical (unpaired) electrons. The van der Waals surface area contributed by atoms with Crippen LogP contribution in [0, 0.1) is 0 Å². The summed E-state index contributed by atoms with van der Waals surface area (Å²) in [6.45, 7) is 1.88.